The molecule has 0 aliphatic carbocycles. The van der Waals surface area contributed by atoms with Gasteiger partial charge in [-0.25, -0.2) is 4.99 Å². The zero-order chi connectivity index (χ0) is 14.9. The average Bonchev–Trinajstić information content (AvgIpc) is 3.25. The van der Waals surface area contributed by atoms with Crippen LogP contribution in [0.15, 0.2) is 41.5 Å². The number of pyridine rings is 1. The molecule has 22 heavy (non-hydrogen) atoms. The van der Waals surface area contributed by atoms with Gasteiger partial charge in [0.1, 0.15) is 0 Å². The number of carbonyl (C=O) groups excluding carboxylic acids is 1. The molecule has 0 N–H and O–H groups in total. The molecule has 1 amide bonds. The average molecular weight is 295 g/mol. The lowest BCUT2D eigenvalue weighted by molar-refractivity contribution is -0.133. The molecule has 0 saturated carbocycles. The van der Waals surface area contributed by atoms with Crippen molar-refractivity contribution < 1.29 is 9.53 Å². The number of likely N-dealkylation sites (tertiary alicyclic amines) is 1. The van der Waals surface area contributed by atoms with Crippen molar-refractivity contribution in [1.82, 2.24) is 9.88 Å². The van der Waals surface area contributed by atoms with Crippen LogP contribution in [0.25, 0.3) is 10.9 Å². The third kappa shape index (κ3) is 2.13. The fraction of sp³-hybridized carbons (Fsp3) is 0.353. The summed E-state index contributed by atoms with van der Waals surface area (Å²) in [5, 5.41) is 1.01. The number of hydrogen-bond donors (Lipinski definition) is 0. The van der Waals surface area contributed by atoms with Gasteiger partial charge in [-0.2, -0.15) is 0 Å². The SMILES string of the molecule is O=C(C1N=CO[C@@H]1c1ccnc2ccccc12)N1CCCC1. The van der Waals surface area contributed by atoms with Crippen molar-refractivity contribution >= 4 is 23.2 Å². The summed E-state index contributed by atoms with van der Waals surface area (Å²) >= 11 is 0. The van der Waals surface area contributed by atoms with Crippen LogP contribution in [0, 0.1) is 0 Å². The van der Waals surface area contributed by atoms with E-state index in [-0.39, 0.29) is 12.0 Å². The molecule has 1 unspecified atom stereocenters. The molecule has 1 aromatic carbocycles. The van der Waals surface area contributed by atoms with Gasteiger partial charge in [0, 0.05) is 30.2 Å². The second-order valence-electron chi connectivity index (χ2n) is 5.71. The molecule has 2 atom stereocenters. The Hall–Kier alpha value is -2.43. The molecule has 2 aliphatic heterocycles. The van der Waals surface area contributed by atoms with Crippen molar-refractivity contribution in [2.45, 2.75) is 25.0 Å². The van der Waals surface area contributed by atoms with Crippen molar-refractivity contribution in [3.05, 3.63) is 42.1 Å². The molecule has 4 rings (SSSR count). The number of rotatable bonds is 2. The van der Waals surface area contributed by atoms with Crippen LogP contribution >= 0.6 is 0 Å². The summed E-state index contributed by atoms with van der Waals surface area (Å²) < 4.78 is 5.67. The van der Waals surface area contributed by atoms with Gasteiger partial charge in [-0.15, -0.1) is 0 Å². The zero-order valence-corrected chi connectivity index (χ0v) is 12.2. The summed E-state index contributed by atoms with van der Waals surface area (Å²) in [6.07, 6.45) is 4.97. The fourth-order valence-electron chi connectivity index (χ4n) is 3.25. The van der Waals surface area contributed by atoms with Gasteiger partial charge in [-0.05, 0) is 25.0 Å². The third-order valence-corrected chi connectivity index (χ3v) is 4.38. The van der Waals surface area contributed by atoms with Crippen LogP contribution in [0.3, 0.4) is 0 Å². The minimum absolute atomic E-state index is 0.0668. The normalized spacial score (nSPS) is 23.9. The smallest absolute Gasteiger partial charge is 0.251 e. The Bertz CT molecular complexity index is 732. The molecule has 1 aromatic heterocycles. The Kier molecular flexibility index (Phi) is 3.25. The number of aliphatic imine (C=N–C) groups is 1. The van der Waals surface area contributed by atoms with E-state index in [1.54, 1.807) is 6.20 Å². The number of amides is 1. The Morgan fingerprint density at radius 3 is 2.86 bits per heavy atom. The summed E-state index contributed by atoms with van der Waals surface area (Å²) in [5.41, 5.74) is 1.88. The summed E-state index contributed by atoms with van der Waals surface area (Å²) in [4.78, 5) is 23.2. The van der Waals surface area contributed by atoms with Crippen LogP contribution in [-0.4, -0.2) is 41.3 Å². The lowest BCUT2D eigenvalue weighted by Crippen LogP contribution is -2.38. The highest BCUT2D eigenvalue weighted by molar-refractivity contribution is 5.88. The minimum atomic E-state index is -0.482. The zero-order valence-electron chi connectivity index (χ0n) is 12.2. The van der Waals surface area contributed by atoms with E-state index in [9.17, 15) is 4.79 Å². The summed E-state index contributed by atoms with van der Waals surface area (Å²) in [6, 6.07) is 9.34. The van der Waals surface area contributed by atoms with E-state index in [2.05, 4.69) is 9.98 Å². The lowest BCUT2D eigenvalue weighted by Gasteiger charge is -2.23. The molecule has 1 fully saturated rings. The van der Waals surface area contributed by atoms with Gasteiger partial charge in [0.25, 0.3) is 5.91 Å². The topological polar surface area (TPSA) is 54.8 Å². The van der Waals surface area contributed by atoms with E-state index in [0.29, 0.717) is 0 Å². The standard InChI is InChI=1S/C17H17N3O2/c21-17(20-9-3-4-10-20)15-16(22-11-19-15)13-7-8-18-14-6-2-1-5-12(13)14/h1-2,5-8,11,15-16H,3-4,9-10H2/t15?,16-/m1/s1. The van der Waals surface area contributed by atoms with Crippen LogP contribution in [0.5, 0.6) is 0 Å². The first-order valence-corrected chi connectivity index (χ1v) is 7.64. The maximum Gasteiger partial charge on any atom is 0.251 e. The minimum Gasteiger partial charge on any atom is -0.473 e. The molecule has 2 aliphatic rings. The van der Waals surface area contributed by atoms with Crippen molar-refractivity contribution in [2.75, 3.05) is 13.1 Å². The van der Waals surface area contributed by atoms with E-state index < -0.39 is 6.04 Å². The quantitative estimate of drug-likeness (QED) is 0.854. The van der Waals surface area contributed by atoms with Crippen molar-refractivity contribution in [3.8, 4) is 0 Å². The summed E-state index contributed by atoms with van der Waals surface area (Å²) in [6.45, 7) is 1.66. The predicted molar refractivity (Wildman–Crippen MR) is 83.7 cm³/mol. The van der Waals surface area contributed by atoms with E-state index in [1.165, 1.54) is 6.40 Å². The molecular weight excluding hydrogens is 278 g/mol. The van der Waals surface area contributed by atoms with E-state index >= 15 is 0 Å². The number of aromatic nitrogens is 1. The maximum atomic E-state index is 12.7. The number of ether oxygens (including phenoxy) is 1. The molecule has 112 valence electrons. The van der Waals surface area contributed by atoms with Crippen molar-refractivity contribution in [2.24, 2.45) is 4.99 Å². The second kappa shape index (κ2) is 5.40. The van der Waals surface area contributed by atoms with Crippen molar-refractivity contribution in [1.29, 1.82) is 0 Å². The van der Waals surface area contributed by atoms with Gasteiger partial charge in [0.15, 0.2) is 18.5 Å². The largest absolute Gasteiger partial charge is 0.473 e. The second-order valence-corrected chi connectivity index (χ2v) is 5.71. The van der Waals surface area contributed by atoms with Gasteiger partial charge in [-0.3, -0.25) is 9.78 Å². The number of para-hydroxylation sites is 1. The molecule has 5 nitrogen and oxygen atoms in total. The molecule has 0 radical (unpaired) electrons. The van der Waals surface area contributed by atoms with Gasteiger partial charge in [-0.1, -0.05) is 18.2 Å². The maximum absolute atomic E-state index is 12.7. The molecule has 3 heterocycles. The number of nitrogens with zero attached hydrogens (tertiary/aromatic N) is 3. The predicted octanol–water partition coefficient (Wildman–Crippen LogP) is 2.33. The van der Waals surface area contributed by atoms with E-state index in [0.717, 1.165) is 42.4 Å². The van der Waals surface area contributed by atoms with Gasteiger partial charge >= 0.3 is 0 Å². The molecule has 5 heteroatoms. The molecule has 0 bridgehead atoms. The van der Waals surface area contributed by atoms with Gasteiger partial charge < -0.3 is 9.64 Å². The fourth-order valence-corrected chi connectivity index (χ4v) is 3.25. The lowest BCUT2D eigenvalue weighted by atomic mass is 9.98. The van der Waals surface area contributed by atoms with E-state index in [4.69, 9.17) is 4.74 Å². The van der Waals surface area contributed by atoms with Crippen LogP contribution in [0.2, 0.25) is 0 Å². The molecule has 1 saturated heterocycles. The molecule has 2 aromatic rings. The highest BCUT2D eigenvalue weighted by Gasteiger charge is 2.38. The Morgan fingerprint density at radius 1 is 1.18 bits per heavy atom. The highest BCUT2D eigenvalue weighted by atomic mass is 16.5. The number of carbonyl (C=O) groups is 1. The van der Waals surface area contributed by atoms with Crippen LogP contribution < -0.4 is 0 Å². The third-order valence-electron chi connectivity index (χ3n) is 4.38. The molecular formula is C17H17N3O2. The first kappa shape index (κ1) is 13.2. The summed E-state index contributed by atoms with van der Waals surface area (Å²) in [5.74, 6) is 0.0668. The summed E-state index contributed by atoms with van der Waals surface area (Å²) in [7, 11) is 0. The Labute approximate surface area is 128 Å². The number of hydrogen-bond acceptors (Lipinski definition) is 4. The van der Waals surface area contributed by atoms with Gasteiger partial charge in [0.2, 0.25) is 0 Å². The van der Waals surface area contributed by atoms with Crippen LogP contribution in [0.1, 0.15) is 24.5 Å². The highest BCUT2D eigenvalue weighted by Crippen LogP contribution is 2.33. The number of fused-ring (bicyclic) bond motifs is 1. The van der Waals surface area contributed by atoms with Crippen LogP contribution in [0.4, 0.5) is 0 Å². The molecule has 0 spiro atoms. The van der Waals surface area contributed by atoms with E-state index in [1.807, 2.05) is 35.2 Å². The monoisotopic (exact) mass is 295 g/mol. The first-order valence-electron chi connectivity index (χ1n) is 7.64. The van der Waals surface area contributed by atoms with Crippen molar-refractivity contribution in [3.63, 3.8) is 0 Å². The Morgan fingerprint density at radius 2 is 2.00 bits per heavy atom. The van der Waals surface area contributed by atoms with Gasteiger partial charge in [0.05, 0.1) is 5.52 Å². The Balaban J connectivity index is 1.70. The first-order chi connectivity index (χ1) is 10.8. The number of benzene rings is 1. The van der Waals surface area contributed by atoms with Crippen LogP contribution in [-0.2, 0) is 9.53 Å².